The fraction of sp³-hybridized carbons (Fsp3) is 0.125. The van der Waals surface area contributed by atoms with Crippen LogP contribution in [0.2, 0.25) is 0 Å². The fourth-order valence-corrected chi connectivity index (χ4v) is 0.973. The first-order valence-corrected chi connectivity index (χ1v) is 3.29. The predicted molar refractivity (Wildman–Crippen MR) is 40.6 cm³/mol. The molecule has 11 heavy (non-hydrogen) atoms. The number of pyridine rings is 1. The van der Waals surface area contributed by atoms with Gasteiger partial charge in [0.2, 0.25) is 0 Å². The van der Waals surface area contributed by atoms with Crippen molar-refractivity contribution < 1.29 is 4.74 Å². The highest BCUT2D eigenvalue weighted by Crippen LogP contribution is 2.12. The summed E-state index contributed by atoms with van der Waals surface area (Å²) in [6.45, 7) is 0. The molecule has 0 saturated heterocycles. The van der Waals surface area contributed by atoms with Crippen LogP contribution in [0.3, 0.4) is 0 Å². The smallest absolute Gasteiger partial charge is 0.122 e. The van der Waals surface area contributed by atoms with Crippen LogP contribution in [0.15, 0.2) is 24.4 Å². The molecule has 0 spiro atoms. The molecular weight excluding hydrogens is 140 g/mol. The average molecular weight is 147 g/mol. The normalized spacial score (nSPS) is 10.3. The first-order chi connectivity index (χ1) is 5.40. The van der Waals surface area contributed by atoms with Gasteiger partial charge in [0.15, 0.2) is 0 Å². The molecule has 2 heterocycles. The van der Waals surface area contributed by atoms with E-state index in [0.717, 1.165) is 11.3 Å². The van der Waals surface area contributed by atoms with E-state index in [1.54, 1.807) is 11.6 Å². The third-order valence-corrected chi connectivity index (χ3v) is 1.55. The van der Waals surface area contributed by atoms with Crippen LogP contribution in [-0.2, 0) is 0 Å². The number of methoxy groups -OCH3 is 1. The van der Waals surface area contributed by atoms with Crippen molar-refractivity contribution in [3.05, 3.63) is 30.6 Å². The Kier molecular flexibility index (Phi) is 1.28. The molecule has 55 valence electrons. The maximum atomic E-state index is 5.04. The SMILES string of the molecule is COc1ccn2n[c]cc2c1. The number of hydrogen-bond donors (Lipinski definition) is 0. The summed E-state index contributed by atoms with van der Waals surface area (Å²) in [4.78, 5) is 0. The third-order valence-electron chi connectivity index (χ3n) is 1.55. The lowest BCUT2D eigenvalue weighted by Crippen LogP contribution is -1.87. The Morgan fingerprint density at radius 2 is 2.55 bits per heavy atom. The Morgan fingerprint density at radius 1 is 1.64 bits per heavy atom. The third kappa shape index (κ3) is 0.941. The van der Waals surface area contributed by atoms with Crippen LogP contribution in [0.1, 0.15) is 0 Å². The highest BCUT2D eigenvalue weighted by molar-refractivity contribution is 5.49. The maximum absolute atomic E-state index is 5.04. The van der Waals surface area contributed by atoms with E-state index < -0.39 is 0 Å². The van der Waals surface area contributed by atoms with E-state index in [1.807, 2.05) is 24.4 Å². The largest absolute Gasteiger partial charge is 0.497 e. The molecule has 0 aliphatic heterocycles. The van der Waals surface area contributed by atoms with Crippen LogP contribution in [0, 0.1) is 6.20 Å². The van der Waals surface area contributed by atoms with E-state index in [0.29, 0.717) is 0 Å². The second-order valence-electron chi connectivity index (χ2n) is 2.21. The molecule has 0 atom stereocenters. The van der Waals surface area contributed by atoms with Gasteiger partial charge in [-0.3, -0.25) is 0 Å². The molecule has 0 saturated carbocycles. The molecule has 0 N–H and O–H groups in total. The van der Waals surface area contributed by atoms with Gasteiger partial charge in [-0.25, -0.2) is 4.52 Å². The number of fused-ring (bicyclic) bond motifs is 1. The van der Waals surface area contributed by atoms with Crippen molar-refractivity contribution in [1.29, 1.82) is 0 Å². The molecule has 3 nitrogen and oxygen atoms in total. The molecule has 2 rings (SSSR count). The summed E-state index contributed by atoms with van der Waals surface area (Å²) in [5, 5.41) is 3.93. The van der Waals surface area contributed by atoms with Crippen molar-refractivity contribution in [2.45, 2.75) is 0 Å². The molecule has 2 aromatic rings. The summed E-state index contributed by atoms with van der Waals surface area (Å²) < 4.78 is 6.78. The van der Waals surface area contributed by atoms with Crippen molar-refractivity contribution in [1.82, 2.24) is 9.61 Å². The van der Waals surface area contributed by atoms with Gasteiger partial charge in [-0.05, 0) is 12.1 Å². The number of nitrogens with zero attached hydrogens (tertiary/aromatic N) is 2. The number of aromatic nitrogens is 2. The maximum Gasteiger partial charge on any atom is 0.122 e. The topological polar surface area (TPSA) is 26.5 Å². The van der Waals surface area contributed by atoms with Crippen LogP contribution < -0.4 is 4.74 Å². The van der Waals surface area contributed by atoms with Gasteiger partial charge in [0.05, 0.1) is 12.6 Å². The Morgan fingerprint density at radius 3 is 3.36 bits per heavy atom. The van der Waals surface area contributed by atoms with Crippen molar-refractivity contribution >= 4 is 5.52 Å². The van der Waals surface area contributed by atoms with Gasteiger partial charge in [-0.2, -0.15) is 5.10 Å². The van der Waals surface area contributed by atoms with Gasteiger partial charge in [-0.1, -0.05) is 0 Å². The zero-order chi connectivity index (χ0) is 7.68. The molecule has 1 radical (unpaired) electrons. The van der Waals surface area contributed by atoms with Crippen molar-refractivity contribution in [2.75, 3.05) is 7.11 Å². The fourth-order valence-electron chi connectivity index (χ4n) is 0.973. The Labute approximate surface area is 64.2 Å². The zero-order valence-corrected chi connectivity index (χ0v) is 6.11. The molecule has 0 aliphatic rings. The summed E-state index contributed by atoms with van der Waals surface area (Å²) in [7, 11) is 1.64. The molecule has 2 aromatic heterocycles. The van der Waals surface area contributed by atoms with Crippen molar-refractivity contribution in [2.24, 2.45) is 0 Å². The molecular formula is C8H7N2O. The first-order valence-electron chi connectivity index (χ1n) is 3.29. The van der Waals surface area contributed by atoms with Crippen molar-refractivity contribution in [3.8, 4) is 5.75 Å². The molecule has 0 bridgehead atoms. The van der Waals surface area contributed by atoms with Gasteiger partial charge in [0, 0.05) is 12.3 Å². The molecule has 0 aromatic carbocycles. The van der Waals surface area contributed by atoms with Gasteiger partial charge < -0.3 is 4.74 Å². The Balaban J connectivity index is 2.67. The number of hydrogen-bond acceptors (Lipinski definition) is 2. The minimum Gasteiger partial charge on any atom is -0.497 e. The molecule has 0 fully saturated rings. The van der Waals surface area contributed by atoms with E-state index in [4.69, 9.17) is 4.74 Å². The van der Waals surface area contributed by atoms with Gasteiger partial charge >= 0.3 is 0 Å². The quantitative estimate of drug-likeness (QED) is 0.604. The highest BCUT2D eigenvalue weighted by Gasteiger charge is 1.94. The van der Waals surface area contributed by atoms with Gasteiger partial charge in [0.1, 0.15) is 11.9 Å². The summed E-state index contributed by atoms with van der Waals surface area (Å²) in [6.07, 6.45) is 4.58. The molecule has 3 heteroatoms. The van der Waals surface area contributed by atoms with E-state index in [-0.39, 0.29) is 0 Å². The zero-order valence-electron chi connectivity index (χ0n) is 6.11. The molecule has 0 amide bonds. The Bertz CT molecular complexity index is 367. The highest BCUT2D eigenvalue weighted by atomic mass is 16.5. The Hall–Kier alpha value is -1.51. The number of rotatable bonds is 1. The lowest BCUT2D eigenvalue weighted by Gasteiger charge is -1.98. The van der Waals surface area contributed by atoms with Gasteiger partial charge in [-0.15, -0.1) is 0 Å². The first kappa shape index (κ1) is 6.22. The average Bonchev–Trinajstić information content (AvgIpc) is 2.50. The lowest BCUT2D eigenvalue weighted by molar-refractivity contribution is 0.414. The lowest BCUT2D eigenvalue weighted by atomic mass is 10.4. The predicted octanol–water partition coefficient (Wildman–Crippen LogP) is 1.14. The summed E-state index contributed by atoms with van der Waals surface area (Å²) in [5.74, 6) is 0.839. The summed E-state index contributed by atoms with van der Waals surface area (Å²) >= 11 is 0. The van der Waals surface area contributed by atoms with Crippen LogP contribution in [0.25, 0.3) is 5.52 Å². The number of ether oxygens (including phenoxy) is 1. The second-order valence-corrected chi connectivity index (χ2v) is 2.21. The minimum atomic E-state index is 0.839. The standard InChI is InChI=1S/C8H7N2O/c1-11-8-3-5-10-7(6-8)2-4-9-10/h2-3,5-6H,1H3. The van der Waals surface area contributed by atoms with Crippen molar-refractivity contribution in [3.63, 3.8) is 0 Å². The summed E-state index contributed by atoms with van der Waals surface area (Å²) in [5.41, 5.74) is 0.990. The van der Waals surface area contributed by atoms with Gasteiger partial charge in [0.25, 0.3) is 0 Å². The monoisotopic (exact) mass is 147 g/mol. The molecule has 0 aliphatic carbocycles. The van der Waals surface area contributed by atoms with E-state index >= 15 is 0 Å². The molecule has 0 unspecified atom stereocenters. The van der Waals surface area contributed by atoms with E-state index in [1.165, 1.54) is 0 Å². The minimum absolute atomic E-state index is 0.839. The summed E-state index contributed by atoms with van der Waals surface area (Å²) in [6, 6.07) is 5.57. The van der Waals surface area contributed by atoms with Crippen LogP contribution in [-0.4, -0.2) is 16.7 Å². The van der Waals surface area contributed by atoms with Crippen LogP contribution >= 0.6 is 0 Å². The van der Waals surface area contributed by atoms with Crippen LogP contribution in [0.5, 0.6) is 5.75 Å². The second kappa shape index (κ2) is 2.27. The van der Waals surface area contributed by atoms with E-state index in [2.05, 4.69) is 11.3 Å². The van der Waals surface area contributed by atoms with Crippen LogP contribution in [0.4, 0.5) is 0 Å². The van der Waals surface area contributed by atoms with E-state index in [9.17, 15) is 0 Å².